The van der Waals surface area contributed by atoms with Crippen LogP contribution in [-0.4, -0.2) is 205 Å². The Morgan fingerprint density at radius 3 is 1.92 bits per heavy atom. The highest BCUT2D eigenvalue weighted by atomic mass is 16.8. The maximum absolute atomic E-state index is 12.1. The van der Waals surface area contributed by atoms with E-state index in [1.165, 1.54) is 6.92 Å². The van der Waals surface area contributed by atoms with Crippen LogP contribution < -0.4 is 5.73 Å². The summed E-state index contributed by atoms with van der Waals surface area (Å²) in [5.74, 6) is -1.71. The van der Waals surface area contributed by atoms with Crippen molar-refractivity contribution in [2.75, 3.05) is 33.0 Å². The lowest BCUT2D eigenvalue weighted by Crippen LogP contribution is -2.60. The van der Waals surface area contributed by atoms with Crippen LogP contribution in [-0.2, 0) is 42.7 Å². The van der Waals surface area contributed by atoms with Crippen LogP contribution in [0.3, 0.4) is 0 Å². The summed E-state index contributed by atoms with van der Waals surface area (Å²) in [6.07, 6.45) is -26.9. The van der Waals surface area contributed by atoms with Crippen molar-refractivity contribution in [2.45, 2.75) is 144 Å². The molecule has 0 aliphatic carbocycles. The van der Waals surface area contributed by atoms with Crippen LogP contribution in [0, 0.1) is 0 Å². The van der Waals surface area contributed by atoms with Gasteiger partial charge in [0.25, 0.3) is 0 Å². The molecule has 0 aromatic rings. The molecule has 22 heteroatoms. The van der Waals surface area contributed by atoms with Gasteiger partial charge >= 0.3 is 5.97 Å². The second-order valence-corrected chi connectivity index (χ2v) is 12.1. The third-order valence-corrected chi connectivity index (χ3v) is 8.13. The number of carbonyl (C=O) groups is 1. The highest BCUT2D eigenvalue weighted by molar-refractivity contribution is 5.73. The van der Waals surface area contributed by atoms with Crippen LogP contribution in [0.15, 0.2) is 0 Å². The lowest BCUT2D eigenvalue weighted by molar-refractivity contribution is -0.349. The molecule has 51 heavy (non-hydrogen) atoms. The lowest BCUT2D eigenvalue weighted by atomic mass is 9.99. The molecule has 0 saturated carbocycles. The Bertz CT molecular complexity index is 965. The monoisotopic (exact) mass is 753 g/mol. The predicted molar refractivity (Wildman–Crippen MR) is 163 cm³/mol. The zero-order chi connectivity index (χ0) is 38.4. The van der Waals surface area contributed by atoms with Gasteiger partial charge in [-0.2, -0.15) is 0 Å². The van der Waals surface area contributed by atoms with Crippen molar-refractivity contribution in [3.8, 4) is 0 Å². The van der Waals surface area contributed by atoms with Gasteiger partial charge in [0.15, 0.2) is 18.7 Å². The van der Waals surface area contributed by atoms with Crippen LogP contribution in [0.2, 0.25) is 0 Å². The van der Waals surface area contributed by atoms with E-state index in [0.29, 0.717) is 13.0 Å². The molecule has 2 aliphatic rings. The number of nitrogens with two attached hydrogens (primary N) is 1. The number of carboxylic acids is 1. The molecule has 22 nitrogen and oxygen atoms in total. The fourth-order valence-corrected chi connectivity index (χ4v) is 5.19. The molecule has 0 bridgehead atoms. The number of unbranched alkanes of at least 4 members (excludes halogenated alkanes) is 2. The SMILES string of the molecule is CC(OC1OC(CO)C(OC(OC(C(=O)O)C(C)OC2OC(CO)C(O)C(O)C2O)C(O)O)CC1O)C(CO)OC(OCCCCCN)C(O)O. The average molecular weight is 754 g/mol. The Hall–Kier alpha value is -1.33. The van der Waals surface area contributed by atoms with Crippen LogP contribution in [0.4, 0.5) is 0 Å². The summed E-state index contributed by atoms with van der Waals surface area (Å²) < 4.78 is 43.6. The highest BCUT2D eigenvalue weighted by Gasteiger charge is 2.47. The quantitative estimate of drug-likeness (QED) is 0.0322. The molecule has 14 N–H and O–H groups in total. The largest absolute Gasteiger partial charge is 0.479 e. The fourth-order valence-electron chi connectivity index (χ4n) is 5.19. The van der Waals surface area contributed by atoms with Crippen molar-refractivity contribution in [1.82, 2.24) is 0 Å². The molecule has 2 aliphatic heterocycles. The molecule has 15 unspecified atom stereocenters. The van der Waals surface area contributed by atoms with E-state index in [9.17, 15) is 66.1 Å². The summed E-state index contributed by atoms with van der Waals surface area (Å²) in [4.78, 5) is 12.1. The molecule has 2 saturated heterocycles. The van der Waals surface area contributed by atoms with Crippen LogP contribution in [0.25, 0.3) is 0 Å². The summed E-state index contributed by atoms with van der Waals surface area (Å²) in [7, 11) is 0. The van der Waals surface area contributed by atoms with Gasteiger partial charge in [-0.05, 0) is 39.7 Å². The molecule has 0 radical (unpaired) electrons. The Balaban J connectivity index is 2.05. The summed E-state index contributed by atoms with van der Waals surface area (Å²) in [6.45, 7) is 0.886. The maximum atomic E-state index is 12.1. The maximum Gasteiger partial charge on any atom is 0.335 e. The minimum atomic E-state index is -2.50. The predicted octanol–water partition coefficient (Wildman–Crippen LogP) is -6.28. The van der Waals surface area contributed by atoms with Crippen molar-refractivity contribution in [3.05, 3.63) is 0 Å². The molecular formula is C29H55NO21. The van der Waals surface area contributed by atoms with E-state index in [1.807, 2.05) is 0 Å². The van der Waals surface area contributed by atoms with Gasteiger partial charge in [-0.15, -0.1) is 0 Å². The Morgan fingerprint density at radius 1 is 0.765 bits per heavy atom. The highest BCUT2D eigenvalue weighted by Crippen LogP contribution is 2.29. The lowest BCUT2D eigenvalue weighted by Gasteiger charge is -2.42. The number of carboxylic acid groups (broad SMARTS) is 1. The molecule has 0 spiro atoms. The number of rotatable bonds is 24. The second kappa shape index (κ2) is 22.8. The van der Waals surface area contributed by atoms with Crippen molar-refractivity contribution in [2.24, 2.45) is 5.73 Å². The summed E-state index contributed by atoms with van der Waals surface area (Å²) in [5, 5.41) is 119. The standard InChI is InChI=1S/C29H55NO21/c1-12(16(9-31)48-28(24(40)41)44-7-5-3-4-6-30)45-26-14(34)8-15(17(10-32)49-26)47-29(25(42)43)51-22(23(38)39)13(2)46-27-21(37)20(36)19(35)18(11-33)50-27/h12-22,24-29,31-37,40-43H,3-11,30H2,1-2H3,(H,38,39). The first-order valence-corrected chi connectivity index (χ1v) is 16.5. The molecule has 2 fully saturated rings. The molecule has 2 heterocycles. The number of aliphatic carboxylic acids is 1. The normalized spacial score (nSPS) is 32.4. The number of aliphatic hydroxyl groups is 11. The Labute approximate surface area is 293 Å². The first-order chi connectivity index (χ1) is 24.1. The summed E-state index contributed by atoms with van der Waals surface area (Å²) in [6, 6.07) is 0. The van der Waals surface area contributed by atoms with E-state index in [2.05, 4.69) is 0 Å². The third-order valence-electron chi connectivity index (χ3n) is 8.13. The van der Waals surface area contributed by atoms with Gasteiger partial charge in [-0.3, -0.25) is 0 Å². The molecule has 2 rings (SSSR count). The molecule has 0 aromatic carbocycles. The van der Waals surface area contributed by atoms with Crippen molar-refractivity contribution in [1.29, 1.82) is 0 Å². The van der Waals surface area contributed by atoms with E-state index in [-0.39, 0.29) is 6.61 Å². The number of ether oxygens (including phenoxy) is 8. The second-order valence-electron chi connectivity index (χ2n) is 12.1. The van der Waals surface area contributed by atoms with Crippen molar-refractivity contribution >= 4 is 5.97 Å². The van der Waals surface area contributed by atoms with E-state index in [0.717, 1.165) is 19.8 Å². The molecule has 302 valence electrons. The van der Waals surface area contributed by atoms with E-state index < -0.39 is 137 Å². The van der Waals surface area contributed by atoms with E-state index in [4.69, 9.17) is 43.6 Å². The van der Waals surface area contributed by atoms with Crippen molar-refractivity contribution in [3.63, 3.8) is 0 Å². The molecule has 0 amide bonds. The minimum Gasteiger partial charge on any atom is -0.479 e. The van der Waals surface area contributed by atoms with E-state index >= 15 is 0 Å². The summed E-state index contributed by atoms with van der Waals surface area (Å²) >= 11 is 0. The molecule has 0 aromatic heterocycles. The van der Waals surface area contributed by atoms with E-state index in [1.54, 1.807) is 0 Å². The topological polar surface area (TPSA) is 360 Å². The zero-order valence-electron chi connectivity index (χ0n) is 28.3. The Kier molecular flexibility index (Phi) is 20.5. The van der Waals surface area contributed by atoms with Crippen LogP contribution >= 0.6 is 0 Å². The van der Waals surface area contributed by atoms with Gasteiger partial charge in [0.2, 0.25) is 25.2 Å². The van der Waals surface area contributed by atoms with Gasteiger partial charge in [-0.25, -0.2) is 4.79 Å². The average Bonchev–Trinajstić information content (AvgIpc) is 3.08. The number of hydrogen-bond donors (Lipinski definition) is 13. The van der Waals surface area contributed by atoms with Crippen LogP contribution in [0.5, 0.6) is 0 Å². The van der Waals surface area contributed by atoms with Gasteiger partial charge < -0.3 is 105 Å². The first-order valence-electron chi connectivity index (χ1n) is 16.5. The fraction of sp³-hybridized carbons (Fsp3) is 0.966. The van der Waals surface area contributed by atoms with Crippen LogP contribution in [0.1, 0.15) is 39.5 Å². The summed E-state index contributed by atoms with van der Waals surface area (Å²) in [5.41, 5.74) is 5.45. The first kappa shape index (κ1) is 45.8. The number of hydrogen-bond acceptors (Lipinski definition) is 21. The van der Waals surface area contributed by atoms with Gasteiger partial charge in [0.1, 0.15) is 42.7 Å². The van der Waals surface area contributed by atoms with Crippen molar-refractivity contribution < 1.29 is 104 Å². The van der Waals surface area contributed by atoms with Gasteiger partial charge in [0, 0.05) is 13.0 Å². The Morgan fingerprint density at radius 2 is 1.37 bits per heavy atom. The third kappa shape index (κ3) is 13.8. The smallest absolute Gasteiger partial charge is 0.335 e. The van der Waals surface area contributed by atoms with Gasteiger partial charge in [0.05, 0.1) is 38.1 Å². The minimum absolute atomic E-state index is 0.102. The zero-order valence-corrected chi connectivity index (χ0v) is 28.3. The number of aliphatic hydroxyl groups excluding tert-OH is 9. The molecular weight excluding hydrogens is 698 g/mol. The van der Waals surface area contributed by atoms with Gasteiger partial charge in [-0.1, -0.05) is 0 Å². The molecule has 15 atom stereocenters.